The highest BCUT2D eigenvalue weighted by Crippen LogP contribution is 2.26. The third-order valence-electron chi connectivity index (χ3n) is 4.24. The smallest absolute Gasteiger partial charge is 0.320 e. The van der Waals surface area contributed by atoms with Crippen molar-refractivity contribution in [3.8, 4) is 0 Å². The zero-order chi connectivity index (χ0) is 18.8. The number of esters is 1. The second-order valence-electron chi connectivity index (χ2n) is 6.85. The highest BCUT2D eigenvalue weighted by atomic mass is 16.6. The zero-order valence-electron chi connectivity index (χ0n) is 16.2. The summed E-state index contributed by atoms with van der Waals surface area (Å²) in [6.45, 7) is 8.75. The van der Waals surface area contributed by atoms with Crippen molar-refractivity contribution >= 4 is 5.97 Å². The van der Waals surface area contributed by atoms with Crippen LogP contribution in [-0.4, -0.2) is 44.5 Å². The quantitative estimate of drug-likeness (QED) is 0.413. The Bertz CT molecular complexity index is 506. The first-order chi connectivity index (χ1) is 11.9. The zero-order valence-corrected chi connectivity index (χ0v) is 16.2. The van der Waals surface area contributed by atoms with Crippen LogP contribution in [0.4, 0.5) is 0 Å². The molecule has 0 aromatic heterocycles. The maximum Gasteiger partial charge on any atom is 0.320 e. The Morgan fingerprint density at radius 2 is 2.00 bits per heavy atom. The summed E-state index contributed by atoms with van der Waals surface area (Å²) < 4.78 is 16.9. The minimum Gasteiger partial charge on any atom is -0.455 e. The van der Waals surface area contributed by atoms with Crippen molar-refractivity contribution in [1.29, 1.82) is 0 Å². The molecule has 0 unspecified atom stereocenters. The van der Waals surface area contributed by atoms with Crippen molar-refractivity contribution < 1.29 is 19.0 Å². The minimum absolute atomic E-state index is 0.145. The average molecular weight is 351 g/mol. The average Bonchev–Trinajstić information content (AvgIpc) is 2.56. The largest absolute Gasteiger partial charge is 0.455 e. The van der Waals surface area contributed by atoms with Crippen molar-refractivity contribution in [2.45, 2.75) is 58.8 Å². The van der Waals surface area contributed by atoms with Gasteiger partial charge in [-0.15, -0.1) is 0 Å². The summed E-state index contributed by atoms with van der Waals surface area (Å²) in [5.41, 5.74) is 8.00. The number of hydrogen-bond acceptors (Lipinski definition) is 5. The molecule has 1 heterocycles. The Morgan fingerprint density at radius 1 is 1.28 bits per heavy atom. The summed E-state index contributed by atoms with van der Waals surface area (Å²) in [5.74, 6) is -0.303. The van der Waals surface area contributed by atoms with Gasteiger partial charge >= 0.3 is 5.97 Å². The van der Waals surface area contributed by atoms with Gasteiger partial charge in [-0.2, -0.15) is 0 Å². The van der Waals surface area contributed by atoms with E-state index in [2.05, 4.69) is 32.9 Å². The summed E-state index contributed by atoms with van der Waals surface area (Å²) in [5, 5.41) is 0. The van der Waals surface area contributed by atoms with Gasteiger partial charge in [0.2, 0.25) is 0 Å². The SMILES string of the molecule is CO[C@@H]1[C@@H](OC(=O)CN)[C@H](/C=C\C=C(/C)CCC=C(C)C)OC[C@@H]1C. The van der Waals surface area contributed by atoms with E-state index in [9.17, 15) is 4.79 Å². The van der Waals surface area contributed by atoms with Crippen molar-refractivity contribution in [1.82, 2.24) is 0 Å². The summed E-state index contributed by atoms with van der Waals surface area (Å²) in [4.78, 5) is 11.6. The van der Waals surface area contributed by atoms with Crippen molar-refractivity contribution in [2.24, 2.45) is 11.7 Å². The molecule has 0 aromatic carbocycles. The molecule has 0 aliphatic carbocycles. The standard InChI is InChI=1S/C20H33NO4/c1-14(2)8-6-9-15(3)10-7-11-17-20(25-18(22)12-21)19(23-5)16(4)13-24-17/h7-8,10-11,16-17,19-20H,6,9,12-13,21H2,1-5H3/b11-7-,15-10+/t16-,17-,19-,20-/m0/s1. The van der Waals surface area contributed by atoms with Crippen molar-refractivity contribution in [3.05, 3.63) is 35.5 Å². The van der Waals surface area contributed by atoms with Crippen LogP contribution in [0.15, 0.2) is 35.5 Å². The van der Waals surface area contributed by atoms with E-state index in [-0.39, 0.29) is 24.7 Å². The number of methoxy groups -OCH3 is 1. The fourth-order valence-corrected chi connectivity index (χ4v) is 2.83. The fourth-order valence-electron chi connectivity index (χ4n) is 2.83. The van der Waals surface area contributed by atoms with Gasteiger partial charge in [-0.05, 0) is 33.6 Å². The summed E-state index contributed by atoms with van der Waals surface area (Å²) >= 11 is 0. The molecule has 0 bridgehead atoms. The molecule has 1 rings (SSSR count). The van der Waals surface area contributed by atoms with E-state index < -0.39 is 12.1 Å². The van der Waals surface area contributed by atoms with E-state index >= 15 is 0 Å². The lowest BCUT2D eigenvalue weighted by Gasteiger charge is -2.39. The van der Waals surface area contributed by atoms with Crippen molar-refractivity contribution in [3.63, 3.8) is 0 Å². The van der Waals surface area contributed by atoms with E-state index in [0.717, 1.165) is 12.8 Å². The number of carbonyl (C=O) groups excluding carboxylic acids is 1. The van der Waals surface area contributed by atoms with E-state index in [1.807, 2.05) is 19.1 Å². The Balaban J connectivity index is 2.74. The Labute approximate surface area is 151 Å². The third-order valence-corrected chi connectivity index (χ3v) is 4.24. The first kappa shape index (κ1) is 21.6. The first-order valence-electron chi connectivity index (χ1n) is 8.90. The predicted molar refractivity (Wildman–Crippen MR) is 100 cm³/mol. The second-order valence-corrected chi connectivity index (χ2v) is 6.85. The molecule has 2 N–H and O–H groups in total. The van der Waals surface area contributed by atoms with Gasteiger partial charge < -0.3 is 19.9 Å². The lowest BCUT2D eigenvalue weighted by atomic mass is 9.93. The molecule has 142 valence electrons. The number of ether oxygens (including phenoxy) is 3. The molecular formula is C20H33NO4. The van der Waals surface area contributed by atoms with Crippen LogP contribution < -0.4 is 5.73 Å². The van der Waals surface area contributed by atoms with Crippen LogP contribution in [0.5, 0.6) is 0 Å². The van der Waals surface area contributed by atoms with Crippen LogP contribution in [0.1, 0.15) is 40.5 Å². The Morgan fingerprint density at radius 3 is 2.60 bits per heavy atom. The number of hydrogen-bond donors (Lipinski definition) is 1. The van der Waals surface area contributed by atoms with Gasteiger partial charge in [-0.25, -0.2) is 0 Å². The van der Waals surface area contributed by atoms with Crippen LogP contribution in [0.2, 0.25) is 0 Å². The van der Waals surface area contributed by atoms with Gasteiger partial charge in [0.15, 0.2) is 6.10 Å². The summed E-state index contributed by atoms with van der Waals surface area (Å²) in [6, 6.07) is 0. The van der Waals surface area contributed by atoms with Crippen LogP contribution in [0.3, 0.4) is 0 Å². The van der Waals surface area contributed by atoms with Crippen LogP contribution in [0, 0.1) is 5.92 Å². The molecule has 0 radical (unpaired) electrons. The number of allylic oxidation sites excluding steroid dienone is 5. The molecule has 25 heavy (non-hydrogen) atoms. The second kappa shape index (κ2) is 11.2. The number of nitrogens with two attached hydrogens (primary N) is 1. The van der Waals surface area contributed by atoms with Gasteiger partial charge in [0.1, 0.15) is 12.2 Å². The van der Waals surface area contributed by atoms with Crippen LogP contribution in [-0.2, 0) is 19.0 Å². The van der Waals surface area contributed by atoms with Gasteiger partial charge in [0.05, 0.1) is 13.2 Å². The normalized spacial score (nSPS) is 27.4. The topological polar surface area (TPSA) is 70.8 Å². The lowest BCUT2D eigenvalue weighted by Crippen LogP contribution is -2.52. The van der Waals surface area contributed by atoms with Gasteiger partial charge in [-0.3, -0.25) is 4.79 Å². The molecule has 0 aromatic rings. The maximum absolute atomic E-state index is 11.6. The fraction of sp³-hybridized carbons (Fsp3) is 0.650. The molecule has 0 amide bonds. The van der Waals surface area contributed by atoms with E-state index in [0.29, 0.717) is 6.61 Å². The maximum atomic E-state index is 11.6. The van der Waals surface area contributed by atoms with E-state index in [4.69, 9.17) is 19.9 Å². The van der Waals surface area contributed by atoms with Crippen LogP contribution >= 0.6 is 0 Å². The van der Waals surface area contributed by atoms with Crippen molar-refractivity contribution in [2.75, 3.05) is 20.3 Å². The molecule has 1 aliphatic rings. The van der Waals surface area contributed by atoms with E-state index in [1.165, 1.54) is 11.1 Å². The van der Waals surface area contributed by atoms with Gasteiger partial charge in [0, 0.05) is 13.0 Å². The molecular weight excluding hydrogens is 318 g/mol. The lowest BCUT2D eigenvalue weighted by molar-refractivity contribution is -0.189. The molecule has 4 atom stereocenters. The highest BCUT2D eigenvalue weighted by molar-refractivity contribution is 5.71. The molecule has 0 spiro atoms. The molecule has 0 saturated carbocycles. The number of rotatable bonds is 8. The Hall–Kier alpha value is -1.43. The summed E-state index contributed by atoms with van der Waals surface area (Å²) in [7, 11) is 1.63. The molecule has 5 heteroatoms. The van der Waals surface area contributed by atoms with Gasteiger partial charge in [0.25, 0.3) is 0 Å². The molecule has 5 nitrogen and oxygen atoms in total. The van der Waals surface area contributed by atoms with Gasteiger partial charge in [-0.1, -0.05) is 42.4 Å². The van der Waals surface area contributed by atoms with E-state index in [1.54, 1.807) is 7.11 Å². The number of carbonyl (C=O) groups is 1. The molecule has 1 saturated heterocycles. The molecule has 1 fully saturated rings. The third kappa shape index (κ3) is 7.55. The Kier molecular flexibility index (Phi) is 9.71. The minimum atomic E-state index is -0.486. The monoisotopic (exact) mass is 351 g/mol. The highest BCUT2D eigenvalue weighted by Gasteiger charge is 2.40. The molecule has 1 aliphatic heterocycles. The first-order valence-corrected chi connectivity index (χ1v) is 8.90. The summed E-state index contributed by atoms with van der Waals surface area (Å²) in [6.07, 6.45) is 9.23. The van der Waals surface area contributed by atoms with Crippen LogP contribution in [0.25, 0.3) is 0 Å². The predicted octanol–water partition coefficient (Wildman–Crippen LogP) is 3.16.